The number of nitrogens with zero attached hydrogens (tertiary/aromatic N) is 2. The standard InChI is InChI=1S/C19H16ClN3O3S/c1-12-4-2-3-5-17(12)23-18(15-10-27(25,26)11-16(15)22-23)21-19(24)13-6-8-14(20)9-7-13/h2-9H,10-11H2,1H3,(H,21,24). The highest BCUT2D eigenvalue weighted by Gasteiger charge is 2.33. The minimum absolute atomic E-state index is 0.120. The van der Waals surface area contributed by atoms with E-state index in [-0.39, 0.29) is 17.4 Å². The fraction of sp³-hybridized carbons (Fsp3) is 0.158. The maximum Gasteiger partial charge on any atom is 0.256 e. The molecule has 8 heteroatoms. The lowest BCUT2D eigenvalue weighted by molar-refractivity contribution is 0.102. The molecule has 0 saturated carbocycles. The van der Waals surface area contributed by atoms with Crippen molar-refractivity contribution in [2.24, 2.45) is 0 Å². The lowest BCUT2D eigenvalue weighted by atomic mass is 10.2. The van der Waals surface area contributed by atoms with Gasteiger partial charge in [-0.2, -0.15) is 5.10 Å². The molecular formula is C19H16ClN3O3S. The summed E-state index contributed by atoms with van der Waals surface area (Å²) >= 11 is 5.88. The molecule has 1 aliphatic heterocycles. The van der Waals surface area contributed by atoms with Gasteiger partial charge in [0.1, 0.15) is 5.82 Å². The molecule has 1 amide bonds. The molecule has 0 saturated heterocycles. The Kier molecular flexibility index (Phi) is 4.28. The maximum absolute atomic E-state index is 12.7. The van der Waals surface area contributed by atoms with E-state index >= 15 is 0 Å². The van der Waals surface area contributed by atoms with Gasteiger partial charge in [0.15, 0.2) is 9.84 Å². The van der Waals surface area contributed by atoms with Crippen LogP contribution in [0.2, 0.25) is 5.02 Å². The zero-order valence-corrected chi connectivity index (χ0v) is 16.0. The molecule has 1 N–H and O–H groups in total. The van der Waals surface area contributed by atoms with Crippen LogP contribution in [0.4, 0.5) is 5.82 Å². The number of amides is 1. The minimum atomic E-state index is -3.24. The minimum Gasteiger partial charge on any atom is -0.306 e. The molecule has 27 heavy (non-hydrogen) atoms. The molecule has 0 fully saturated rings. The van der Waals surface area contributed by atoms with Crippen molar-refractivity contribution in [3.63, 3.8) is 0 Å². The van der Waals surface area contributed by atoms with E-state index in [9.17, 15) is 13.2 Å². The van der Waals surface area contributed by atoms with Crippen LogP contribution in [-0.2, 0) is 21.3 Å². The van der Waals surface area contributed by atoms with Crippen molar-refractivity contribution in [1.82, 2.24) is 9.78 Å². The Morgan fingerprint density at radius 2 is 1.81 bits per heavy atom. The summed E-state index contributed by atoms with van der Waals surface area (Å²) < 4.78 is 25.7. The van der Waals surface area contributed by atoms with Gasteiger partial charge < -0.3 is 5.32 Å². The third-order valence-corrected chi connectivity index (χ3v) is 6.16. The number of hydrogen-bond acceptors (Lipinski definition) is 4. The summed E-state index contributed by atoms with van der Waals surface area (Å²) in [5, 5.41) is 7.86. The summed E-state index contributed by atoms with van der Waals surface area (Å²) in [6.07, 6.45) is 0. The monoisotopic (exact) mass is 401 g/mol. The summed E-state index contributed by atoms with van der Waals surface area (Å²) in [4.78, 5) is 12.7. The predicted molar refractivity (Wildman–Crippen MR) is 104 cm³/mol. The first kappa shape index (κ1) is 17.8. The number of para-hydroxylation sites is 1. The molecular weight excluding hydrogens is 386 g/mol. The quantitative estimate of drug-likeness (QED) is 0.728. The molecule has 0 unspecified atom stereocenters. The van der Waals surface area contributed by atoms with E-state index in [1.807, 2.05) is 31.2 Å². The first-order valence-electron chi connectivity index (χ1n) is 8.28. The second-order valence-corrected chi connectivity index (χ2v) is 8.97. The summed E-state index contributed by atoms with van der Waals surface area (Å²) in [6.45, 7) is 1.93. The van der Waals surface area contributed by atoms with E-state index < -0.39 is 9.84 Å². The fourth-order valence-electron chi connectivity index (χ4n) is 3.13. The summed E-state index contributed by atoms with van der Waals surface area (Å²) in [5.41, 5.74) is 3.19. The Morgan fingerprint density at radius 1 is 1.11 bits per heavy atom. The Bertz CT molecular complexity index is 1150. The maximum atomic E-state index is 12.7. The molecule has 2 heterocycles. The average Bonchev–Trinajstić information content (AvgIpc) is 3.08. The fourth-order valence-corrected chi connectivity index (χ4v) is 4.75. The van der Waals surface area contributed by atoms with Crippen molar-refractivity contribution in [2.75, 3.05) is 5.32 Å². The lowest BCUT2D eigenvalue weighted by Gasteiger charge is -2.13. The summed E-state index contributed by atoms with van der Waals surface area (Å²) in [7, 11) is -3.24. The van der Waals surface area contributed by atoms with E-state index in [1.165, 1.54) is 0 Å². The van der Waals surface area contributed by atoms with E-state index in [0.717, 1.165) is 11.3 Å². The molecule has 0 bridgehead atoms. The van der Waals surface area contributed by atoms with Crippen LogP contribution in [0.3, 0.4) is 0 Å². The Hall–Kier alpha value is -2.64. The Morgan fingerprint density at radius 3 is 2.52 bits per heavy atom. The number of hydrogen-bond donors (Lipinski definition) is 1. The van der Waals surface area contributed by atoms with Crippen LogP contribution < -0.4 is 5.32 Å². The topological polar surface area (TPSA) is 81.1 Å². The zero-order chi connectivity index (χ0) is 19.2. The smallest absolute Gasteiger partial charge is 0.256 e. The van der Waals surface area contributed by atoms with Crippen LogP contribution in [0, 0.1) is 6.92 Å². The van der Waals surface area contributed by atoms with Gasteiger partial charge in [0.05, 0.1) is 22.9 Å². The molecule has 1 aliphatic rings. The number of aromatic nitrogens is 2. The van der Waals surface area contributed by atoms with Gasteiger partial charge in [-0.15, -0.1) is 0 Å². The van der Waals surface area contributed by atoms with Gasteiger partial charge in [-0.05, 0) is 42.8 Å². The highest BCUT2D eigenvalue weighted by Crippen LogP contribution is 2.33. The predicted octanol–water partition coefficient (Wildman–Crippen LogP) is 3.51. The van der Waals surface area contributed by atoms with Gasteiger partial charge in [-0.1, -0.05) is 29.8 Å². The van der Waals surface area contributed by atoms with E-state index in [0.29, 0.717) is 27.7 Å². The molecule has 0 spiro atoms. The largest absolute Gasteiger partial charge is 0.306 e. The number of fused-ring (bicyclic) bond motifs is 1. The summed E-state index contributed by atoms with van der Waals surface area (Å²) in [5.74, 6) is -0.219. The number of halogens is 1. The molecule has 0 atom stereocenters. The molecule has 0 radical (unpaired) electrons. The second kappa shape index (κ2) is 6.51. The molecule has 3 aromatic rings. The van der Waals surface area contributed by atoms with Crippen molar-refractivity contribution in [1.29, 1.82) is 0 Å². The highest BCUT2D eigenvalue weighted by molar-refractivity contribution is 7.90. The second-order valence-electron chi connectivity index (χ2n) is 6.47. The van der Waals surface area contributed by atoms with Crippen molar-refractivity contribution < 1.29 is 13.2 Å². The van der Waals surface area contributed by atoms with Crippen molar-refractivity contribution >= 4 is 33.2 Å². The molecule has 6 nitrogen and oxygen atoms in total. The van der Waals surface area contributed by atoms with E-state index in [1.54, 1.807) is 28.9 Å². The van der Waals surface area contributed by atoms with Gasteiger partial charge in [-0.3, -0.25) is 4.79 Å². The molecule has 2 aromatic carbocycles. The first-order chi connectivity index (χ1) is 12.8. The Balaban J connectivity index is 1.80. The number of carbonyl (C=O) groups is 1. The summed E-state index contributed by atoms with van der Waals surface area (Å²) in [6, 6.07) is 14.1. The van der Waals surface area contributed by atoms with Gasteiger partial charge in [-0.25, -0.2) is 13.1 Å². The Labute approximate surface area is 161 Å². The SMILES string of the molecule is Cc1ccccc1-n1nc2c(c1NC(=O)c1ccc(Cl)cc1)CS(=O)(=O)C2. The van der Waals surface area contributed by atoms with Crippen LogP contribution in [-0.4, -0.2) is 24.1 Å². The number of nitrogens with one attached hydrogen (secondary N) is 1. The van der Waals surface area contributed by atoms with Crippen LogP contribution in [0.1, 0.15) is 27.2 Å². The van der Waals surface area contributed by atoms with Crippen molar-refractivity contribution in [3.05, 3.63) is 75.9 Å². The van der Waals surface area contributed by atoms with Gasteiger partial charge >= 0.3 is 0 Å². The number of rotatable bonds is 3. The molecule has 138 valence electrons. The van der Waals surface area contributed by atoms with Gasteiger partial charge in [0.2, 0.25) is 0 Å². The van der Waals surface area contributed by atoms with Gasteiger partial charge in [0, 0.05) is 16.1 Å². The number of benzene rings is 2. The lowest BCUT2D eigenvalue weighted by Crippen LogP contribution is -2.17. The third-order valence-electron chi connectivity index (χ3n) is 4.47. The van der Waals surface area contributed by atoms with Crippen LogP contribution in [0.5, 0.6) is 0 Å². The molecule has 4 rings (SSSR count). The van der Waals surface area contributed by atoms with Crippen molar-refractivity contribution in [3.8, 4) is 5.69 Å². The number of sulfone groups is 1. The van der Waals surface area contributed by atoms with Crippen LogP contribution in [0.15, 0.2) is 48.5 Å². The first-order valence-corrected chi connectivity index (χ1v) is 10.5. The third kappa shape index (κ3) is 3.36. The van der Waals surface area contributed by atoms with Gasteiger partial charge in [0.25, 0.3) is 5.91 Å². The average molecular weight is 402 g/mol. The number of anilines is 1. The number of carbonyl (C=O) groups excluding carboxylic acids is 1. The number of aryl methyl sites for hydroxylation is 1. The molecule has 0 aliphatic carbocycles. The normalized spacial score (nSPS) is 14.7. The van der Waals surface area contributed by atoms with Crippen LogP contribution >= 0.6 is 11.6 Å². The zero-order valence-electron chi connectivity index (χ0n) is 14.4. The van der Waals surface area contributed by atoms with Crippen LogP contribution in [0.25, 0.3) is 5.69 Å². The molecule has 1 aromatic heterocycles. The van der Waals surface area contributed by atoms with Crippen molar-refractivity contribution in [2.45, 2.75) is 18.4 Å². The van der Waals surface area contributed by atoms with E-state index in [2.05, 4.69) is 10.4 Å². The highest BCUT2D eigenvalue weighted by atomic mass is 35.5. The van der Waals surface area contributed by atoms with E-state index in [4.69, 9.17) is 11.6 Å².